The topological polar surface area (TPSA) is 114 Å². The Labute approximate surface area is 242 Å². The van der Waals surface area contributed by atoms with Gasteiger partial charge in [0.05, 0.1) is 26.4 Å². The highest BCUT2D eigenvalue weighted by atomic mass is 32.1. The van der Waals surface area contributed by atoms with Crippen molar-refractivity contribution in [3.8, 4) is 11.5 Å². The Hall–Kier alpha value is -4.80. The van der Waals surface area contributed by atoms with Crippen LogP contribution in [0.2, 0.25) is 0 Å². The van der Waals surface area contributed by atoms with Crippen molar-refractivity contribution in [2.24, 2.45) is 5.16 Å². The lowest BCUT2D eigenvalue weighted by Gasteiger charge is -2.18. The average Bonchev–Trinajstić information content (AvgIpc) is 3.62. The maximum absolute atomic E-state index is 12.0. The Kier molecular flexibility index (Phi) is 7.57. The minimum Gasteiger partial charge on any atom is -0.486 e. The van der Waals surface area contributed by atoms with Gasteiger partial charge in [0.2, 0.25) is 0 Å². The lowest BCUT2D eigenvalue weighted by Crippen LogP contribution is -2.23. The highest BCUT2D eigenvalue weighted by Gasteiger charge is 2.27. The summed E-state index contributed by atoms with van der Waals surface area (Å²) in [6.45, 7) is 0.637. The lowest BCUT2D eigenvalue weighted by molar-refractivity contribution is -0.129. The van der Waals surface area contributed by atoms with Gasteiger partial charge in [0.1, 0.15) is 34.7 Å². The lowest BCUT2D eigenvalue weighted by atomic mass is 9.87. The van der Waals surface area contributed by atoms with Gasteiger partial charge in [-0.2, -0.15) is 0 Å². The summed E-state index contributed by atoms with van der Waals surface area (Å²) in [6, 6.07) is 30.0. The molecule has 204 valence electrons. The summed E-state index contributed by atoms with van der Waals surface area (Å²) >= 11 is 3.16. The van der Waals surface area contributed by atoms with Crippen molar-refractivity contribution in [3.05, 3.63) is 118 Å². The average molecular weight is 582 g/mol. The highest BCUT2D eigenvalue weighted by molar-refractivity contribution is 7.18. The maximum atomic E-state index is 12.0. The maximum Gasteiger partial charge on any atom is 0.354 e. The van der Waals surface area contributed by atoms with Crippen LogP contribution in [0.15, 0.2) is 102 Å². The van der Waals surface area contributed by atoms with Crippen LogP contribution in [-0.4, -0.2) is 32.0 Å². The molecule has 0 amide bonds. The summed E-state index contributed by atoms with van der Waals surface area (Å²) in [4.78, 5) is 21.1. The van der Waals surface area contributed by atoms with E-state index < -0.39 is 17.6 Å². The van der Waals surface area contributed by atoms with E-state index in [1.807, 2.05) is 48.5 Å². The predicted molar refractivity (Wildman–Crippen MR) is 159 cm³/mol. The van der Waals surface area contributed by atoms with Gasteiger partial charge in [-0.1, -0.05) is 53.7 Å². The van der Waals surface area contributed by atoms with Gasteiger partial charge < -0.3 is 19.8 Å². The Morgan fingerprint density at radius 1 is 0.707 bits per heavy atom. The smallest absolute Gasteiger partial charge is 0.354 e. The number of para-hydroxylation sites is 2. The number of hydrogen-bond donors (Lipinski definition) is 2. The molecule has 0 aliphatic heterocycles. The van der Waals surface area contributed by atoms with E-state index >= 15 is 0 Å². The van der Waals surface area contributed by atoms with Crippen LogP contribution in [-0.2, 0) is 18.0 Å². The summed E-state index contributed by atoms with van der Waals surface area (Å²) in [5, 5.41) is 24.2. The number of benzene rings is 4. The number of oxime groups is 1. The molecule has 0 spiro atoms. The molecule has 0 saturated heterocycles. The molecule has 2 aromatic heterocycles. The molecule has 6 aromatic rings. The number of carbonyl (C=O) groups is 1. The van der Waals surface area contributed by atoms with Gasteiger partial charge in [-0.3, -0.25) is 0 Å². The summed E-state index contributed by atoms with van der Waals surface area (Å²) < 4.78 is 14.0. The van der Waals surface area contributed by atoms with Crippen molar-refractivity contribution in [3.63, 3.8) is 0 Å². The number of nitrogens with zero attached hydrogens (tertiary/aromatic N) is 3. The second-order valence-corrected chi connectivity index (χ2v) is 11.3. The van der Waals surface area contributed by atoms with Crippen molar-refractivity contribution in [2.75, 3.05) is 0 Å². The first kappa shape index (κ1) is 26.4. The molecular weight excluding hydrogens is 558 g/mol. The Bertz CT molecular complexity index is 1660. The zero-order valence-corrected chi connectivity index (χ0v) is 23.1. The second-order valence-electron chi connectivity index (χ2n) is 9.09. The van der Waals surface area contributed by atoms with E-state index in [1.54, 1.807) is 71.2 Å². The first-order valence-corrected chi connectivity index (χ1v) is 14.3. The van der Waals surface area contributed by atoms with E-state index in [4.69, 9.17) is 9.47 Å². The molecule has 0 aliphatic rings. The van der Waals surface area contributed by atoms with Crippen LogP contribution < -0.4 is 9.47 Å². The SMILES string of the molecule is O=C(O)C(=NO)C(c1ccc(OCc2nc3ccccc3s2)cc1)c1ccc(OCc2nc3ccccc3s2)cc1. The molecule has 8 nitrogen and oxygen atoms in total. The van der Waals surface area contributed by atoms with Gasteiger partial charge in [-0.25, -0.2) is 14.8 Å². The van der Waals surface area contributed by atoms with Crippen molar-refractivity contribution < 1.29 is 24.6 Å². The van der Waals surface area contributed by atoms with Crippen LogP contribution in [0, 0.1) is 0 Å². The molecule has 41 heavy (non-hydrogen) atoms. The van der Waals surface area contributed by atoms with Gasteiger partial charge in [-0.05, 0) is 59.7 Å². The Morgan fingerprint density at radius 3 is 1.54 bits per heavy atom. The number of fused-ring (bicyclic) bond motifs is 2. The molecule has 0 fully saturated rings. The summed E-state index contributed by atoms with van der Waals surface area (Å²) in [5.74, 6) is -0.898. The zero-order valence-electron chi connectivity index (χ0n) is 21.5. The highest BCUT2D eigenvalue weighted by Crippen LogP contribution is 2.31. The van der Waals surface area contributed by atoms with Gasteiger partial charge in [0.25, 0.3) is 0 Å². The van der Waals surface area contributed by atoms with E-state index in [2.05, 4.69) is 15.1 Å². The molecular formula is C31H23N3O5S2. The largest absolute Gasteiger partial charge is 0.486 e. The third-order valence-electron chi connectivity index (χ3n) is 6.43. The fourth-order valence-corrected chi connectivity index (χ4v) is 6.26. The minimum absolute atomic E-state index is 0.319. The number of ether oxygens (including phenoxy) is 2. The third-order valence-corrected chi connectivity index (χ3v) is 8.45. The molecule has 4 aromatic carbocycles. The van der Waals surface area contributed by atoms with E-state index in [-0.39, 0.29) is 0 Å². The fraction of sp³-hybridized carbons (Fsp3) is 0.0968. The molecule has 0 unspecified atom stereocenters. The quantitative estimate of drug-likeness (QED) is 0.101. The van der Waals surface area contributed by atoms with Gasteiger partial charge in [0, 0.05) is 0 Å². The van der Waals surface area contributed by atoms with Crippen molar-refractivity contribution in [1.82, 2.24) is 9.97 Å². The van der Waals surface area contributed by atoms with Crippen LogP contribution in [0.4, 0.5) is 0 Å². The Balaban J connectivity index is 1.17. The number of carboxylic acids is 1. The zero-order chi connectivity index (χ0) is 28.2. The third kappa shape index (κ3) is 5.88. The molecule has 0 saturated carbocycles. The number of carboxylic acid groups (broad SMARTS) is 1. The van der Waals surface area contributed by atoms with E-state index in [0.717, 1.165) is 30.4 Å². The minimum atomic E-state index is -1.31. The standard InChI is InChI=1S/C31H23N3O5S2/c35-31(36)30(34-37)29(19-9-13-21(14-10-19)38-17-27-32-23-5-1-3-7-25(23)40-27)20-11-15-22(16-12-20)39-18-28-33-24-6-2-4-8-26(24)41-28/h1-16,29,37H,17-18H2,(H,35,36). The van der Waals surface area contributed by atoms with Crippen LogP contribution >= 0.6 is 22.7 Å². The van der Waals surface area contributed by atoms with E-state index in [9.17, 15) is 15.1 Å². The van der Waals surface area contributed by atoms with E-state index in [1.165, 1.54) is 0 Å². The van der Waals surface area contributed by atoms with Crippen molar-refractivity contribution >= 4 is 54.8 Å². The molecule has 10 heteroatoms. The number of aromatic nitrogens is 2. The van der Waals surface area contributed by atoms with Crippen molar-refractivity contribution in [1.29, 1.82) is 0 Å². The van der Waals surface area contributed by atoms with Crippen molar-refractivity contribution in [2.45, 2.75) is 19.1 Å². The second kappa shape index (κ2) is 11.7. The molecule has 2 heterocycles. The van der Waals surface area contributed by atoms with Crippen LogP contribution in [0.5, 0.6) is 11.5 Å². The molecule has 0 aliphatic carbocycles. The molecule has 0 radical (unpaired) electrons. The summed E-state index contributed by atoms with van der Waals surface area (Å²) in [7, 11) is 0. The number of aliphatic carboxylic acids is 1. The first-order chi connectivity index (χ1) is 20.1. The predicted octanol–water partition coefficient (Wildman–Crippen LogP) is 7.11. The summed E-state index contributed by atoms with van der Waals surface area (Å²) in [6.07, 6.45) is 0. The van der Waals surface area contributed by atoms with Gasteiger partial charge in [0.15, 0.2) is 5.71 Å². The summed E-state index contributed by atoms with van der Waals surface area (Å²) in [5.41, 5.74) is 2.75. The van der Waals surface area contributed by atoms with Crippen LogP contribution in [0.3, 0.4) is 0 Å². The van der Waals surface area contributed by atoms with Crippen LogP contribution in [0.25, 0.3) is 20.4 Å². The van der Waals surface area contributed by atoms with Gasteiger partial charge in [-0.15, -0.1) is 22.7 Å². The number of hydrogen-bond acceptors (Lipinski definition) is 9. The molecule has 6 rings (SSSR count). The normalized spacial score (nSPS) is 11.8. The molecule has 0 bridgehead atoms. The number of thiazole rings is 2. The molecule has 0 atom stereocenters. The first-order valence-electron chi connectivity index (χ1n) is 12.7. The fourth-order valence-electron chi connectivity index (χ4n) is 4.50. The van der Waals surface area contributed by atoms with Gasteiger partial charge >= 0.3 is 5.97 Å². The van der Waals surface area contributed by atoms with Crippen LogP contribution in [0.1, 0.15) is 27.1 Å². The Morgan fingerprint density at radius 2 is 1.15 bits per heavy atom. The van der Waals surface area contributed by atoms with E-state index in [0.29, 0.717) is 35.8 Å². The monoisotopic (exact) mass is 581 g/mol. The molecule has 2 N–H and O–H groups in total. The number of rotatable bonds is 10.